The van der Waals surface area contributed by atoms with Gasteiger partial charge >= 0.3 is 6.18 Å². The van der Waals surface area contributed by atoms with E-state index in [1.54, 1.807) is 6.92 Å². The van der Waals surface area contributed by atoms with Gasteiger partial charge in [-0.2, -0.15) is 17.5 Å². The lowest BCUT2D eigenvalue weighted by atomic mass is 9.59. The van der Waals surface area contributed by atoms with Crippen LogP contribution in [-0.2, 0) is 16.2 Å². The van der Waals surface area contributed by atoms with Crippen LogP contribution in [0.5, 0.6) is 0 Å². The molecule has 2 N–H and O–H groups in total. The van der Waals surface area contributed by atoms with Crippen LogP contribution >= 0.6 is 11.6 Å². The van der Waals surface area contributed by atoms with E-state index in [4.69, 9.17) is 11.6 Å². The summed E-state index contributed by atoms with van der Waals surface area (Å²) < 4.78 is 94.8. The van der Waals surface area contributed by atoms with Crippen molar-refractivity contribution >= 4 is 27.5 Å². The molecule has 208 valence electrons. The molecule has 1 aliphatic carbocycles. The van der Waals surface area contributed by atoms with Crippen molar-refractivity contribution in [1.29, 1.82) is 0 Å². The summed E-state index contributed by atoms with van der Waals surface area (Å²) in [6.07, 6.45) is -3.62. The van der Waals surface area contributed by atoms with Crippen LogP contribution < -0.4 is 10.6 Å². The lowest BCUT2D eigenvalue weighted by Gasteiger charge is -2.55. The van der Waals surface area contributed by atoms with Gasteiger partial charge in [0.05, 0.1) is 21.9 Å². The minimum atomic E-state index is -4.62. The number of carbonyl (C=O) groups excluding carboxylic acids is 1. The van der Waals surface area contributed by atoms with E-state index < -0.39 is 57.4 Å². The molecule has 1 saturated carbocycles. The molecule has 3 fully saturated rings. The van der Waals surface area contributed by atoms with Crippen molar-refractivity contribution in [3.63, 3.8) is 0 Å². The Labute approximate surface area is 218 Å². The maximum Gasteiger partial charge on any atom is 0.416 e. The van der Waals surface area contributed by atoms with E-state index in [0.29, 0.717) is 31.9 Å². The van der Waals surface area contributed by atoms with E-state index in [1.165, 1.54) is 4.31 Å². The first-order chi connectivity index (χ1) is 17.1. The summed E-state index contributed by atoms with van der Waals surface area (Å²) in [6.45, 7) is 2.16. The minimum Gasteiger partial charge on any atom is -0.351 e. The van der Waals surface area contributed by atoms with Crippen LogP contribution in [0.15, 0.2) is 18.2 Å². The number of hydrogen-bond acceptors (Lipinski definition) is 4. The van der Waals surface area contributed by atoms with Crippen LogP contribution in [0.4, 0.5) is 22.0 Å². The predicted molar refractivity (Wildman–Crippen MR) is 129 cm³/mol. The predicted octanol–water partition coefficient (Wildman–Crippen LogP) is 4.83. The molecule has 1 aromatic rings. The molecule has 4 rings (SSSR count). The van der Waals surface area contributed by atoms with Gasteiger partial charge in [-0.15, -0.1) is 0 Å². The fraction of sp³-hybridized carbons (Fsp3) is 0.708. The third-order valence-corrected chi connectivity index (χ3v) is 10.5. The second-order valence-electron chi connectivity index (χ2n) is 10.6. The first-order valence-corrected chi connectivity index (χ1v) is 14.4. The Hall–Kier alpha value is -1.50. The minimum absolute atomic E-state index is 0.00989. The molecule has 2 unspecified atom stereocenters. The van der Waals surface area contributed by atoms with Gasteiger partial charge in [0, 0.05) is 49.5 Å². The SMILES string of the molecule is CCCS(=O)(=O)N1CC2CCC(C3(CNC(=O)c4ccc(C(F)(F)F)cc4Cl)CCC(F)(F)CC3)(C1)N2. The van der Waals surface area contributed by atoms with Crippen LogP contribution in [0, 0.1) is 5.41 Å². The molecule has 3 aliphatic rings. The van der Waals surface area contributed by atoms with Crippen molar-refractivity contribution in [1.82, 2.24) is 14.9 Å². The molecule has 2 bridgehead atoms. The summed E-state index contributed by atoms with van der Waals surface area (Å²) in [5.41, 5.74) is -2.84. The van der Waals surface area contributed by atoms with E-state index in [0.717, 1.165) is 12.1 Å². The van der Waals surface area contributed by atoms with Gasteiger partial charge in [-0.25, -0.2) is 17.2 Å². The molecule has 0 radical (unpaired) electrons. The van der Waals surface area contributed by atoms with Gasteiger partial charge in [0.2, 0.25) is 15.9 Å². The standard InChI is InChI=1S/C24H31ClF5N3O3S/c1-2-11-37(35,36)33-13-17-5-6-22(15-33,32-17)21(7-9-23(26,27)10-8-21)14-31-20(34)18-4-3-16(12-19(18)25)24(28,29)30/h3-4,12,17,32H,2,5-11,13-15H2,1H3,(H,31,34). The molecule has 1 amide bonds. The fourth-order valence-corrected chi connectivity index (χ4v) is 8.02. The monoisotopic (exact) mass is 571 g/mol. The molecule has 0 aromatic heterocycles. The molecule has 2 saturated heterocycles. The highest BCUT2D eigenvalue weighted by Gasteiger charge is 2.61. The number of alkyl halides is 5. The molecule has 1 aromatic carbocycles. The first kappa shape index (κ1) is 28.5. The van der Waals surface area contributed by atoms with Crippen LogP contribution in [0.25, 0.3) is 0 Å². The zero-order chi connectivity index (χ0) is 27.3. The Morgan fingerprint density at radius 2 is 1.86 bits per heavy atom. The zero-order valence-electron chi connectivity index (χ0n) is 20.4. The summed E-state index contributed by atoms with van der Waals surface area (Å²) in [5, 5.41) is 5.89. The lowest BCUT2D eigenvalue weighted by molar-refractivity contribution is -0.137. The van der Waals surface area contributed by atoms with Gasteiger partial charge in [-0.05, 0) is 50.3 Å². The normalized spacial score (nSPS) is 27.7. The summed E-state index contributed by atoms with van der Waals surface area (Å²) >= 11 is 5.99. The van der Waals surface area contributed by atoms with Crippen molar-refractivity contribution in [2.75, 3.05) is 25.4 Å². The molecular weight excluding hydrogens is 541 g/mol. The highest BCUT2D eigenvalue weighted by atomic mass is 35.5. The number of hydrogen-bond donors (Lipinski definition) is 2. The number of nitrogens with zero attached hydrogens (tertiary/aromatic N) is 1. The summed E-state index contributed by atoms with van der Waals surface area (Å²) in [4.78, 5) is 13.0. The molecule has 37 heavy (non-hydrogen) atoms. The third kappa shape index (κ3) is 5.62. The number of benzene rings is 1. The molecular formula is C24H31ClF5N3O3S. The van der Waals surface area contributed by atoms with Gasteiger partial charge in [0.15, 0.2) is 0 Å². The van der Waals surface area contributed by atoms with Crippen LogP contribution in [0.1, 0.15) is 67.8 Å². The van der Waals surface area contributed by atoms with Crippen molar-refractivity contribution in [2.24, 2.45) is 5.41 Å². The van der Waals surface area contributed by atoms with Crippen molar-refractivity contribution in [2.45, 2.75) is 75.5 Å². The van der Waals surface area contributed by atoms with Gasteiger partial charge in [0.1, 0.15) is 0 Å². The Morgan fingerprint density at radius 1 is 1.19 bits per heavy atom. The number of carbonyl (C=O) groups is 1. The summed E-state index contributed by atoms with van der Waals surface area (Å²) in [6, 6.07) is 2.30. The second kappa shape index (κ2) is 9.91. The number of sulfonamides is 1. The highest BCUT2D eigenvalue weighted by molar-refractivity contribution is 7.89. The Kier molecular flexibility index (Phi) is 7.64. The maximum absolute atomic E-state index is 14.2. The van der Waals surface area contributed by atoms with Crippen LogP contribution in [0.3, 0.4) is 0 Å². The molecule has 0 spiro atoms. The quantitative estimate of drug-likeness (QED) is 0.460. The Balaban J connectivity index is 1.61. The number of nitrogens with one attached hydrogen (secondary N) is 2. The zero-order valence-corrected chi connectivity index (χ0v) is 22.0. The molecule has 2 heterocycles. The van der Waals surface area contributed by atoms with Gasteiger partial charge < -0.3 is 10.6 Å². The van der Waals surface area contributed by atoms with E-state index in [1.807, 2.05) is 0 Å². The van der Waals surface area contributed by atoms with Gasteiger partial charge in [0.25, 0.3) is 5.91 Å². The van der Waals surface area contributed by atoms with E-state index in [2.05, 4.69) is 10.6 Å². The number of piperazine rings is 1. The molecule has 2 aliphatic heterocycles. The highest BCUT2D eigenvalue weighted by Crippen LogP contribution is 2.54. The Morgan fingerprint density at radius 3 is 2.46 bits per heavy atom. The number of rotatable bonds is 7. The van der Waals surface area contributed by atoms with Gasteiger partial charge in [-0.3, -0.25) is 4.79 Å². The van der Waals surface area contributed by atoms with Crippen molar-refractivity contribution < 1.29 is 35.2 Å². The van der Waals surface area contributed by atoms with Gasteiger partial charge in [-0.1, -0.05) is 18.5 Å². The Bertz CT molecular complexity index is 1140. The average molecular weight is 572 g/mol. The summed E-state index contributed by atoms with van der Waals surface area (Å²) in [7, 11) is -3.53. The smallest absolute Gasteiger partial charge is 0.351 e. The third-order valence-electron chi connectivity index (χ3n) is 8.21. The van der Waals surface area contributed by atoms with Crippen molar-refractivity contribution in [3.8, 4) is 0 Å². The number of fused-ring (bicyclic) bond motifs is 2. The molecule has 13 heteroatoms. The second-order valence-corrected chi connectivity index (χ2v) is 13.1. The van der Waals surface area contributed by atoms with Crippen molar-refractivity contribution in [3.05, 3.63) is 34.3 Å². The number of amides is 1. The average Bonchev–Trinajstić information content (AvgIpc) is 3.12. The lowest BCUT2D eigenvalue weighted by Crippen LogP contribution is -2.70. The number of halogens is 6. The van der Waals surface area contributed by atoms with Crippen LogP contribution in [0.2, 0.25) is 5.02 Å². The summed E-state index contributed by atoms with van der Waals surface area (Å²) in [5.74, 6) is -3.58. The van der Waals surface area contributed by atoms with E-state index in [-0.39, 0.29) is 48.3 Å². The largest absolute Gasteiger partial charge is 0.416 e. The maximum atomic E-state index is 14.2. The molecule has 2 atom stereocenters. The fourth-order valence-electron chi connectivity index (χ4n) is 6.15. The van der Waals surface area contributed by atoms with E-state index in [9.17, 15) is 35.2 Å². The van der Waals surface area contributed by atoms with Crippen LogP contribution in [-0.4, -0.2) is 61.5 Å². The molecule has 6 nitrogen and oxygen atoms in total. The topological polar surface area (TPSA) is 78.5 Å². The first-order valence-electron chi connectivity index (χ1n) is 12.4. The van der Waals surface area contributed by atoms with E-state index >= 15 is 0 Å².